The normalized spacial score (nSPS) is 10.2. The molecule has 66 valence electrons. The number of halogens is 2. The summed E-state index contributed by atoms with van der Waals surface area (Å²) in [5.74, 6) is 0. The fourth-order valence-electron chi connectivity index (χ4n) is 0.899. The maximum absolute atomic E-state index is 5.87. The van der Waals surface area contributed by atoms with Crippen LogP contribution in [0.15, 0.2) is 16.7 Å². The Labute approximate surface area is 85.5 Å². The first-order chi connectivity index (χ1) is 5.74. The molecule has 4 heteroatoms. The predicted molar refractivity (Wildman–Crippen MR) is 54.6 cm³/mol. The molecule has 0 saturated carbocycles. The average molecular weight is 250 g/mol. The molecular formula is C8H10BrClN2. The second-order valence-corrected chi connectivity index (χ2v) is 3.73. The third kappa shape index (κ3) is 2.73. The largest absolute Gasteiger partial charge is 0.319 e. The number of pyridine rings is 1. The Bertz CT molecular complexity index is 265. The molecule has 0 aliphatic heterocycles. The molecule has 0 saturated heterocycles. The maximum Gasteiger partial charge on any atom is 0.132 e. The van der Waals surface area contributed by atoms with Crippen molar-refractivity contribution in [3.63, 3.8) is 0 Å². The van der Waals surface area contributed by atoms with E-state index < -0.39 is 0 Å². The summed E-state index contributed by atoms with van der Waals surface area (Å²) < 4.78 is 0.970. The van der Waals surface area contributed by atoms with Crippen LogP contribution in [0.3, 0.4) is 0 Å². The van der Waals surface area contributed by atoms with Gasteiger partial charge in [0.2, 0.25) is 0 Å². The Morgan fingerprint density at radius 3 is 3.08 bits per heavy atom. The third-order valence-electron chi connectivity index (χ3n) is 1.52. The molecule has 1 rings (SSSR count). The quantitative estimate of drug-likeness (QED) is 0.831. The van der Waals surface area contributed by atoms with E-state index in [1.54, 1.807) is 6.20 Å². The van der Waals surface area contributed by atoms with Crippen LogP contribution in [0.4, 0.5) is 0 Å². The van der Waals surface area contributed by atoms with E-state index in [1.165, 1.54) is 0 Å². The molecule has 0 fully saturated rings. The van der Waals surface area contributed by atoms with E-state index in [2.05, 4.69) is 26.2 Å². The Morgan fingerprint density at radius 1 is 1.67 bits per heavy atom. The van der Waals surface area contributed by atoms with Gasteiger partial charge in [0.25, 0.3) is 0 Å². The van der Waals surface area contributed by atoms with Gasteiger partial charge in [0.15, 0.2) is 0 Å². The minimum Gasteiger partial charge on any atom is -0.319 e. The number of nitrogens with zero attached hydrogens (tertiary/aromatic N) is 1. The first-order valence-corrected chi connectivity index (χ1v) is 4.85. The molecule has 0 amide bonds. The second-order valence-electron chi connectivity index (χ2n) is 2.46. The van der Waals surface area contributed by atoms with Crippen LogP contribution in [0.2, 0.25) is 5.15 Å². The van der Waals surface area contributed by atoms with E-state index in [0.717, 1.165) is 23.0 Å². The molecule has 1 heterocycles. The van der Waals surface area contributed by atoms with Crippen molar-refractivity contribution in [1.82, 2.24) is 10.3 Å². The highest BCUT2D eigenvalue weighted by atomic mass is 79.9. The molecule has 1 aromatic rings. The van der Waals surface area contributed by atoms with Crippen molar-refractivity contribution in [2.75, 3.05) is 13.6 Å². The van der Waals surface area contributed by atoms with Crippen LogP contribution in [0, 0.1) is 0 Å². The van der Waals surface area contributed by atoms with Gasteiger partial charge in [-0.15, -0.1) is 0 Å². The number of rotatable bonds is 3. The van der Waals surface area contributed by atoms with Crippen molar-refractivity contribution < 1.29 is 0 Å². The van der Waals surface area contributed by atoms with Crippen LogP contribution >= 0.6 is 27.5 Å². The van der Waals surface area contributed by atoms with Gasteiger partial charge in [-0.05, 0) is 47.6 Å². The van der Waals surface area contributed by atoms with Crippen molar-refractivity contribution in [2.24, 2.45) is 0 Å². The zero-order chi connectivity index (χ0) is 8.97. The molecule has 0 aliphatic carbocycles. The molecule has 0 radical (unpaired) electrons. The van der Waals surface area contributed by atoms with Gasteiger partial charge >= 0.3 is 0 Å². The lowest BCUT2D eigenvalue weighted by molar-refractivity contribution is 0.789. The van der Waals surface area contributed by atoms with Gasteiger partial charge in [0.05, 0.1) is 0 Å². The van der Waals surface area contributed by atoms with Gasteiger partial charge in [-0.3, -0.25) is 0 Å². The maximum atomic E-state index is 5.87. The molecule has 0 bridgehead atoms. The Balaban J connectivity index is 2.75. The predicted octanol–water partition coefficient (Wildman–Crippen LogP) is 2.26. The van der Waals surface area contributed by atoms with Gasteiger partial charge in [0.1, 0.15) is 5.15 Å². The monoisotopic (exact) mass is 248 g/mol. The second kappa shape index (κ2) is 4.80. The number of hydrogen-bond donors (Lipinski definition) is 1. The van der Waals surface area contributed by atoms with Gasteiger partial charge < -0.3 is 5.32 Å². The first-order valence-electron chi connectivity index (χ1n) is 3.68. The standard InChI is InChI=1S/C8H10BrClN2/c1-11-3-2-6-4-7(9)5-12-8(6)10/h4-5,11H,2-3H2,1H3. The molecule has 1 N–H and O–H groups in total. The summed E-state index contributed by atoms with van der Waals surface area (Å²) in [4.78, 5) is 4.02. The molecule has 0 aromatic carbocycles. The summed E-state index contributed by atoms with van der Waals surface area (Å²) in [5.41, 5.74) is 1.07. The first kappa shape index (κ1) is 9.96. The molecule has 0 unspecified atom stereocenters. The molecule has 0 spiro atoms. The van der Waals surface area contributed by atoms with Crippen molar-refractivity contribution in [3.05, 3.63) is 27.5 Å². The lowest BCUT2D eigenvalue weighted by Crippen LogP contribution is -2.10. The van der Waals surface area contributed by atoms with Crippen molar-refractivity contribution >= 4 is 27.5 Å². The fraction of sp³-hybridized carbons (Fsp3) is 0.375. The van der Waals surface area contributed by atoms with Crippen molar-refractivity contribution in [1.29, 1.82) is 0 Å². The minimum atomic E-state index is 0.591. The topological polar surface area (TPSA) is 24.9 Å². The third-order valence-corrected chi connectivity index (χ3v) is 2.30. The molecule has 12 heavy (non-hydrogen) atoms. The van der Waals surface area contributed by atoms with Crippen LogP contribution in [-0.4, -0.2) is 18.6 Å². The van der Waals surface area contributed by atoms with Gasteiger partial charge in [0, 0.05) is 10.7 Å². The van der Waals surface area contributed by atoms with Crippen LogP contribution in [0.25, 0.3) is 0 Å². The summed E-state index contributed by atoms with van der Waals surface area (Å²) >= 11 is 9.22. The van der Waals surface area contributed by atoms with Gasteiger partial charge in [-0.25, -0.2) is 4.98 Å². The smallest absolute Gasteiger partial charge is 0.132 e. The van der Waals surface area contributed by atoms with E-state index in [-0.39, 0.29) is 0 Å². The summed E-state index contributed by atoms with van der Waals surface area (Å²) in [6.45, 7) is 0.915. The summed E-state index contributed by atoms with van der Waals surface area (Å²) in [6.07, 6.45) is 2.60. The number of nitrogens with one attached hydrogen (secondary N) is 1. The molecule has 1 aromatic heterocycles. The zero-order valence-corrected chi connectivity index (χ0v) is 9.11. The van der Waals surface area contributed by atoms with Crippen molar-refractivity contribution in [3.8, 4) is 0 Å². The molecule has 2 nitrogen and oxygen atoms in total. The molecule has 0 aliphatic rings. The van der Waals surface area contributed by atoms with Crippen LogP contribution in [0.5, 0.6) is 0 Å². The average Bonchev–Trinajstić information content (AvgIpc) is 2.07. The summed E-state index contributed by atoms with van der Waals surface area (Å²) in [6, 6.07) is 1.99. The fourth-order valence-corrected chi connectivity index (χ4v) is 1.48. The van der Waals surface area contributed by atoms with Crippen LogP contribution in [0.1, 0.15) is 5.56 Å². The van der Waals surface area contributed by atoms with E-state index in [1.807, 2.05) is 13.1 Å². The van der Waals surface area contributed by atoms with Crippen LogP contribution < -0.4 is 5.32 Å². The highest BCUT2D eigenvalue weighted by molar-refractivity contribution is 9.10. The van der Waals surface area contributed by atoms with E-state index in [0.29, 0.717) is 5.15 Å². The molecule has 0 atom stereocenters. The number of likely N-dealkylation sites (N-methyl/N-ethyl adjacent to an activating group) is 1. The Kier molecular flexibility index (Phi) is 3.98. The Hall–Kier alpha value is -0.120. The Morgan fingerprint density at radius 2 is 2.42 bits per heavy atom. The zero-order valence-electron chi connectivity index (χ0n) is 6.77. The highest BCUT2D eigenvalue weighted by Gasteiger charge is 2.00. The van der Waals surface area contributed by atoms with Crippen molar-refractivity contribution in [2.45, 2.75) is 6.42 Å². The summed E-state index contributed by atoms with van der Waals surface area (Å²) in [7, 11) is 1.92. The van der Waals surface area contributed by atoms with E-state index >= 15 is 0 Å². The van der Waals surface area contributed by atoms with E-state index in [9.17, 15) is 0 Å². The van der Waals surface area contributed by atoms with Crippen LogP contribution in [-0.2, 0) is 6.42 Å². The SMILES string of the molecule is CNCCc1cc(Br)cnc1Cl. The van der Waals surface area contributed by atoms with E-state index in [4.69, 9.17) is 11.6 Å². The minimum absolute atomic E-state index is 0.591. The number of aromatic nitrogens is 1. The lowest BCUT2D eigenvalue weighted by Gasteiger charge is -2.02. The number of hydrogen-bond acceptors (Lipinski definition) is 2. The molecular weight excluding hydrogens is 239 g/mol. The lowest BCUT2D eigenvalue weighted by atomic mass is 10.2. The van der Waals surface area contributed by atoms with Gasteiger partial charge in [-0.1, -0.05) is 11.6 Å². The summed E-state index contributed by atoms with van der Waals surface area (Å²) in [5, 5.41) is 3.65. The highest BCUT2D eigenvalue weighted by Crippen LogP contribution is 2.17. The van der Waals surface area contributed by atoms with Gasteiger partial charge in [-0.2, -0.15) is 0 Å².